The summed E-state index contributed by atoms with van der Waals surface area (Å²) in [4.78, 5) is 29.3. The van der Waals surface area contributed by atoms with Crippen LogP contribution in [0.25, 0.3) is 0 Å². The molecule has 0 spiro atoms. The van der Waals surface area contributed by atoms with Gasteiger partial charge >= 0.3 is 0 Å². The Kier molecular flexibility index (Phi) is 4.23. The van der Waals surface area contributed by atoms with Gasteiger partial charge in [0.2, 0.25) is 0 Å². The normalized spacial score (nSPS) is 34.4. The first-order valence-electron chi connectivity index (χ1n) is 10.1. The van der Waals surface area contributed by atoms with E-state index in [1.165, 1.54) is 0 Å². The van der Waals surface area contributed by atoms with E-state index in [4.69, 9.17) is 0 Å². The van der Waals surface area contributed by atoms with Gasteiger partial charge in [-0.3, -0.25) is 14.5 Å². The van der Waals surface area contributed by atoms with Crippen LogP contribution in [0.15, 0.2) is 41.6 Å². The maximum atomic E-state index is 13.8. The summed E-state index contributed by atoms with van der Waals surface area (Å²) in [5.41, 5.74) is 2.56. The maximum Gasteiger partial charge on any atom is 0.256 e. The third-order valence-electron chi connectivity index (χ3n) is 7.61. The van der Waals surface area contributed by atoms with Gasteiger partial charge in [0.25, 0.3) is 5.91 Å². The SMILES string of the molecule is CCCC[C@]1(Br)C(=O)C2=C(N(c3ccccc3)C1=O)[C@]1(C)CC[C@@H]2C1(C)C. The number of hydrogen-bond donors (Lipinski definition) is 0. The van der Waals surface area contributed by atoms with E-state index in [1.807, 2.05) is 35.2 Å². The molecule has 0 N–H and O–H groups in total. The third-order valence-corrected chi connectivity index (χ3v) is 8.71. The van der Waals surface area contributed by atoms with Crippen LogP contribution in [-0.4, -0.2) is 16.0 Å². The fraction of sp³-hybridized carbons (Fsp3) is 0.565. The number of allylic oxidation sites excluding steroid dienone is 2. The lowest BCUT2D eigenvalue weighted by Crippen LogP contribution is -2.57. The predicted octanol–water partition coefficient (Wildman–Crippen LogP) is 5.64. The van der Waals surface area contributed by atoms with Crippen molar-refractivity contribution in [1.29, 1.82) is 0 Å². The molecule has 4 rings (SSSR count). The number of ketones is 1. The van der Waals surface area contributed by atoms with Crippen LogP contribution in [0.3, 0.4) is 0 Å². The highest BCUT2D eigenvalue weighted by atomic mass is 79.9. The molecule has 1 aromatic carbocycles. The van der Waals surface area contributed by atoms with E-state index in [0.29, 0.717) is 6.42 Å². The Balaban J connectivity index is 1.96. The van der Waals surface area contributed by atoms with Gasteiger partial charge in [0.1, 0.15) is 0 Å². The molecule has 0 saturated heterocycles. The summed E-state index contributed by atoms with van der Waals surface area (Å²) in [6.45, 7) is 8.88. The lowest BCUT2D eigenvalue weighted by atomic mass is 9.69. The Morgan fingerprint density at radius 1 is 1.15 bits per heavy atom. The van der Waals surface area contributed by atoms with E-state index in [1.54, 1.807) is 0 Å². The average molecular weight is 430 g/mol. The van der Waals surface area contributed by atoms with Crippen molar-refractivity contribution in [2.24, 2.45) is 16.7 Å². The number of fused-ring (bicyclic) bond motifs is 4. The van der Waals surface area contributed by atoms with Gasteiger partial charge < -0.3 is 0 Å². The Bertz CT molecular complexity index is 843. The number of benzene rings is 1. The fourth-order valence-electron chi connectivity index (χ4n) is 5.58. The summed E-state index contributed by atoms with van der Waals surface area (Å²) in [5.74, 6) is 0.128. The minimum absolute atomic E-state index is 0.0182. The van der Waals surface area contributed by atoms with E-state index < -0.39 is 4.32 Å². The number of halogens is 1. The number of para-hydroxylation sites is 1. The van der Waals surface area contributed by atoms with Gasteiger partial charge in [0.15, 0.2) is 10.1 Å². The molecule has 1 saturated carbocycles. The van der Waals surface area contributed by atoms with Gasteiger partial charge in [-0.15, -0.1) is 0 Å². The van der Waals surface area contributed by atoms with Crippen LogP contribution in [0.4, 0.5) is 5.69 Å². The first-order chi connectivity index (χ1) is 12.7. The fourth-order valence-corrected chi connectivity index (χ4v) is 6.25. The van der Waals surface area contributed by atoms with Crippen molar-refractivity contribution in [1.82, 2.24) is 0 Å². The second-order valence-corrected chi connectivity index (χ2v) is 10.5. The van der Waals surface area contributed by atoms with Crippen LogP contribution in [0.2, 0.25) is 0 Å². The molecule has 1 fully saturated rings. The second kappa shape index (κ2) is 6.04. The van der Waals surface area contributed by atoms with Crippen LogP contribution < -0.4 is 4.90 Å². The van der Waals surface area contributed by atoms with Crippen molar-refractivity contribution in [3.63, 3.8) is 0 Å². The van der Waals surface area contributed by atoms with Crippen molar-refractivity contribution in [2.75, 3.05) is 4.90 Å². The number of alkyl halides is 1. The molecule has 1 aliphatic heterocycles. The Morgan fingerprint density at radius 3 is 2.44 bits per heavy atom. The maximum absolute atomic E-state index is 13.8. The zero-order valence-electron chi connectivity index (χ0n) is 16.6. The van der Waals surface area contributed by atoms with E-state index in [9.17, 15) is 9.59 Å². The first-order valence-corrected chi connectivity index (χ1v) is 10.9. The third kappa shape index (κ3) is 2.25. The molecule has 1 aromatic rings. The topological polar surface area (TPSA) is 37.4 Å². The molecule has 2 aliphatic carbocycles. The zero-order valence-corrected chi connectivity index (χ0v) is 18.2. The van der Waals surface area contributed by atoms with Crippen LogP contribution in [0.5, 0.6) is 0 Å². The largest absolute Gasteiger partial charge is 0.292 e. The molecule has 1 heterocycles. The predicted molar refractivity (Wildman–Crippen MR) is 112 cm³/mol. The summed E-state index contributed by atoms with van der Waals surface area (Å²) in [7, 11) is 0. The number of unbranched alkanes of at least 4 members (excludes halogenated alkanes) is 1. The van der Waals surface area contributed by atoms with E-state index in [0.717, 1.165) is 42.6 Å². The minimum atomic E-state index is -1.13. The number of nitrogens with zero attached hydrogens (tertiary/aromatic N) is 1. The molecular formula is C23H28BrNO2. The van der Waals surface area contributed by atoms with Crippen molar-refractivity contribution >= 4 is 33.3 Å². The smallest absolute Gasteiger partial charge is 0.256 e. The van der Waals surface area contributed by atoms with E-state index >= 15 is 0 Å². The van der Waals surface area contributed by atoms with Crippen LogP contribution >= 0.6 is 15.9 Å². The summed E-state index contributed by atoms with van der Waals surface area (Å²) in [6, 6.07) is 9.84. The minimum Gasteiger partial charge on any atom is -0.292 e. The number of carbonyl (C=O) groups excluding carboxylic acids is 2. The molecule has 0 aromatic heterocycles. The zero-order chi connectivity index (χ0) is 19.6. The molecule has 3 atom stereocenters. The average Bonchev–Trinajstić information content (AvgIpc) is 2.98. The standard InChI is InChI=1S/C23H28BrNO2/c1-5-6-13-23(24)19(26)17-16-12-14-22(4,21(16,2)3)18(17)25(20(23)27)15-10-8-7-9-11-15/h7-11,16H,5-6,12-14H2,1-4H3/t16-,22-,23-/m0/s1. The Labute approximate surface area is 170 Å². The molecule has 4 heteroatoms. The molecule has 27 heavy (non-hydrogen) atoms. The van der Waals surface area contributed by atoms with Gasteiger partial charge in [-0.1, -0.05) is 74.7 Å². The molecule has 3 aliphatic rings. The van der Waals surface area contributed by atoms with Crippen molar-refractivity contribution in [2.45, 2.75) is 64.1 Å². The van der Waals surface area contributed by atoms with E-state index in [2.05, 4.69) is 43.6 Å². The van der Waals surface area contributed by atoms with Gasteiger partial charge in [-0.25, -0.2) is 0 Å². The molecule has 144 valence electrons. The summed E-state index contributed by atoms with van der Waals surface area (Å²) >= 11 is 3.65. The highest BCUT2D eigenvalue weighted by Crippen LogP contribution is 2.70. The molecule has 2 bridgehead atoms. The molecule has 0 radical (unpaired) electrons. The monoisotopic (exact) mass is 429 g/mol. The lowest BCUT2D eigenvalue weighted by Gasteiger charge is -2.45. The highest BCUT2D eigenvalue weighted by molar-refractivity contribution is 9.10. The Hall–Kier alpha value is -1.42. The number of hydrogen-bond acceptors (Lipinski definition) is 2. The van der Waals surface area contributed by atoms with Gasteiger partial charge in [0, 0.05) is 22.4 Å². The summed E-state index contributed by atoms with van der Waals surface area (Å²) in [5, 5.41) is 0. The van der Waals surface area contributed by atoms with Gasteiger partial charge in [0.05, 0.1) is 0 Å². The first kappa shape index (κ1) is 18.9. The summed E-state index contributed by atoms with van der Waals surface area (Å²) < 4.78 is -1.13. The quantitative estimate of drug-likeness (QED) is 0.458. The lowest BCUT2D eigenvalue weighted by molar-refractivity contribution is -0.129. The number of Topliss-reactive ketones (excluding diaryl/α,β-unsaturated/α-hetero) is 1. The van der Waals surface area contributed by atoms with Crippen LogP contribution in [-0.2, 0) is 9.59 Å². The van der Waals surface area contributed by atoms with Gasteiger partial charge in [-0.2, -0.15) is 0 Å². The van der Waals surface area contributed by atoms with Crippen molar-refractivity contribution in [3.05, 3.63) is 41.6 Å². The highest BCUT2D eigenvalue weighted by Gasteiger charge is 2.68. The Morgan fingerprint density at radius 2 is 1.81 bits per heavy atom. The molecule has 1 amide bonds. The van der Waals surface area contributed by atoms with Crippen LogP contribution in [0, 0.1) is 16.7 Å². The number of carbonyl (C=O) groups is 2. The summed E-state index contributed by atoms with van der Waals surface area (Å²) in [6.07, 6.45) is 4.40. The molecule has 0 unspecified atom stereocenters. The van der Waals surface area contributed by atoms with Crippen molar-refractivity contribution in [3.8, 4) is 0 Å². The molecular weight excluding hydrogens is 402 g/mol. The number of amides is 1. The number of anilines is 1. The van der Waals surface area contributed by atoms with E-state index in [-0.39, 0.29) is 28.4 Å². The second-order valence-electron chi connectivity index (χ2n) is 9.12. The van der Waals surface area contributed by atoms with Gasteiger partial charge in [-0.05, 0) is 42.7 Å². The van der Waals surface area contributed by atoms with Crippen LogP contribution in [0.1, 0.15) is 59.8 Å². The van der Waals surface area contributed by atoms with Crippen molar-refractivity contribution < 1.29 is 9.59 Å². The molecule has 3 nitrogen and oxygen atoms in total. The number of rotatable bonds is 4.